The topological polar surface area (TPSA) is 82.7 Å². The second-order valence-electron chi connectivity index (χ2n) is 7.02. The smallest absolute Gasteiger partial charge is 0.251 e. The van der Waals surface area contributed by atoms with Crippen LogP contribution in [0.1, 0.15) is 37.8 Å². The molecule has 3 rings (SSSR count). The molecule has 2 unspecified atom stereocenters. The average molecular weight is 333 g/mol. The van der Waals surface area contributed by atoms with Crippen molar-refractivity contribution in [3.63, 3.8) is 0 Å². The Labute approximate surface area is 147 Å². The molecule has 25 heavy (non-hydrogen) atoms. The van der Waals surface area contributed by atoms with Gasteiger partial charge in [0.15, 0.2) is 0 Å². The standard InChI is InChI=1S/C21H23N3O/c1-3-16-10-17-7-8-18(11-19(17)24-20(16)25)21(2,23)12-14-5-4-6-15(9-14)13-22/h4-8,10-11,15H,3,9,12,23H2,1-2H3,(H,24,25). The molecule has 1 aromatic carbocycles. The quantitative estimate of drug-likeness (QED) is 0.895. The predicted octanol–water partition coefficient (Wildman–Crippen LogP) is 3.68. The number of aryl methyl sites for hydroxylation is 1. The molecule has 0 fully saturated rings. The van der Waals surface area contributed by atoms with E-state index < -0.39 is 5.54 Å². The molecule has 1 aliphatic carbocycles. The van der Waals surface area contributed by atoms with E-state index >= 15 is 0 Å². The molecule has 0 radical (unpaired) electrons. The van der Waals surface area contributed by atoms with E-state index in [0.29, 0.717) is 12.8 Å². The highest BCUT2D eigenvalue weighted by molar-refractivity contribution is 5.80. The van der Waals surface area contributed by atoms with Gasteiger partial charge < -0.3 is 10.7 Å². The summed E-state index contributed by atoms with van der Waals surface area (Å²) < 4.78 is 0. The fourth-order valence-electron chi connectivity index (χ4n) is 3.40. The number of hydrogen-bond donors (Lipinski definition) is 2. The lowest BCUT2D eigenvalue weighted by atomic mass is 9.82. The maximum atomic E-state index is 12.1. The van der Waals surface area contributed by atoms with Crippen molar-refractivity contribution in [1.29, 1.82) is 5.26 Å². The Morgan fingerprint density at radius 1 is 1.40 bits per heavy atom. The molecule has 3 N–H and O–H groups in total. The number of aromatic nitrogens is 1. The number of H-pyrrole nitrogens is 1. The minimum Gasteiger partial charge on any atom is -0.322 e. The minimum absolute atomic E-state index is 0.0390. The molecule has 0 aliphatic heterocycles. The van der Waals surface area contributed by atoms with Crippen LogP contribution in [0.4, 0.5) is 0 Å². The highest BCUT2D eigenvalue weighted by Crippen LogP contribution is 2.31. The number of rotatable bonds is 4. The van der Waals surface area contributed by atoms with Crippen LogP contribution in [0.2, 0.25) is 0 Å². The molecule has 2 aromatic rings. The normalized spacial score (nSPS) is 19.3. The van der Waals surface area contributed by atoms with Gasteiger partial charge in [0, 0.05) is 16.6 Å². The molecule has 2 atom stereocenters. The summed E-state index contributed by atoms with van der Waals surface area (Å²) >= 11 is 0. The number of hydrogen-bond acceptors (Lipinski definition) is 3. The Kier molecular flexibility index (Phi) is 4.61. The molecule has 1 aromatic heterocycles. The number of nitrogens with zero attached hydrogens (tertiary/aromatic N) is 1. The van der Waals surface area contributed by atoms with Crippen LogP contribution in [0.25, 0.3) is 10.9 Å². The number of aromatic amines is 1. The molecular formula is C21H23N3O. The summed E-state index contributed by atoms with van der Waals surface area (Å²) in [6.45, 7) is 3.97. The number of fused-ring (bicyclic) bond motifs is 1. The highest BCUT2D eigenvalue weighted by atomic mass is 16.1. The van der Waals surface area contributed by atoms with Gasteiger partial charge in [-0.1, -0.05) is 42.9 Å². The van der Waals surface area contributed by atoms with Gasteiger partial charge >= 0.3 is 0 Å². The second kappa shape index (κ2) is 6.70. The largest absolute Gasteiger partial charge is 0.322 e. The zero-order valence-electron chi connectivity index (χ0n) is 14.7. The molecule has 0 bridgehead atoms. The van der Waals surface area contributed by atoms with E-state index in [-0.39, 0.29) is 11.5 Å². The number of pyridine rings is 1. The molecule has 0 amide bonds. The first-order valence-corrected chi connectivity index (χ1v) is 8.64. The van der Waals surface area contributed by atoms with Crippen molar-refractivity contribution in [3.8, 4) is 6.07 Å². The molecule has 1 heterocycles. The monoisotopic (exact) mass is 333 g/mol. The molecule has 1 aliphatic rings. The van der Waals surface area contributed by atoms with E-state index in [0.717, 1.165) is 28.5 Å². The summed E-state index contributed by atoms with van der Waals surface area (Å²) in [5, 5.41) is 10.1. The van der Waals surface area contributed by atoms with E-state index in [1.54, 1.807) is 0 Å². The molecule has 4 heteroatoms. The Morgan fingerprint density at radius 2 is 2.20 bits per heavy atom. The predicted molar refractivity (Wildman–Crippen MR) is 101 cm³/mol. The van der Waals surface area contributed by atoms with Gasteiger partial charge in [-0.25, -0.2) is 0 Å². The van der Waals surface area contributed by atoms with Crippen molar-refractivity contribution in [3.05, 3.63) is 69.5 Å². The Morgan fingerprint density at radius 3 is 2.92 bits per heavy atom. The first-order valence-electron chi connectivity index (χ1n) is 8.64. The number of nitrogens with two attached hydrogens (primary N) is 1. The van der Waals surface area contributed by atoms with Gasteiger partial charge in [0.25, 0.3) is 5.56 Å². The molecule has 0 spiro atoms. The zero-order chi connectivity index (χ0) is 18.0. The molecule has 4 nitrogen and oxygen atoms in total. The summed E-state index contributed by atoms with van der Waals surface area (Å²) in [6.07, 6.45) is 8.03. The molecule has 0 saturated carbocycles. The van der Waals surface area contributed by atoms with Crippen LogP contribution < -0.4 is 11.3 Å². The van der Waals surface area contributed by atoms with Gasteiger partial charge in [0.1, 0.15) is 0 Å². The van der Waals surface area contributed by atoms with Gasteiger partial charge in [-0.3, -0.25) is 4.79 Å². The van der Waals surface area contributed by atoms with Crippen LogP contribution in [-0.4, -0.2) is 4.98 Å². The summed E-state index contributed by atoms with van der Waals surface area (Å²) in [7, 11) is 0. The minimum atomic E-state index is -0.564. The van der Waals surface area contributed by atoms with Crippen molar-refractivity contribution in [1.82, 2.24) is 4.98 Å². The van der Waals surface area contributed by atoms with Crippen LogP contribution >= 0.6 is 0 Å². The van der Waals surface area contributed by atoms with Crippen molar-refractivity contribution < 1.29 is 0 Å². The molecule has 128 valence electrons. The highest BCUT2D eigenvalue weighted by Gasteiger charge is 2.25. The van der Waals surface area contributed by atoms with Gasteiger partial charge in [0.05, 0.1) is 12.0 Å². The number of allylic oxidation sites excluding steroid dienone is 3. The Balaban J connectivity index is 1.92. The zero-order valence-corrected chi connectivity index (χ0v) is 14.7. The maximum absolute atomic E-state index is 12.1. The first kappa shape index (κ1) is 17.2. The Hall–Kier alpha value is -2.64. The Bertz CT molecular complexity index is 957. The lowest BCUT2D eigenvalue weighted by molar-refractivity contribution is 0.477. The van der Waals surface area contributed by atoms with Crippen LogP contribution in [-0.2, 0) is 12.0 Å². The average Bonchev–Trinajstić information content (AvgIpc) is 2.60. The van der Waals surface area contributed by atoms with Crippen LogP contribution in [0, 0.1) is 17.2 Å². The summed E-state index contributed by atoms with van der Waals surface area (Å²) in [4.78, 5) is 15.0. The summed E-state index contributed by atoms with van der Waals surface area (Å²) in [5.74, 6) is -0.0729. The molecule has 0 saturated heterocycles. The van der Waals surface area contributed by atoms with Crippen molar-refractivity contribution in [2.24, 2.45) is 11.7 Å². The van der Waals surface area contributed by atoms with Crippen molar-refractivity contribution in [2.75, 3.05) is 0 Å². The summed E-state index contributed by atoms with van der Waals surface area (Å²) in [5.41, 5.74) is 9.75. The SMILES string of the molecule is CCc1cc2ccc(C(C)(N)CC3=CC=CC(C#N)C3)cc2[nH]c1=O. The van der Waals surface area contributed by atoms with E-state index in [1.165, 1.54) is 5.57 Å². The fraction of sp³-hybridized carbons (Fsp3) is 0.333. The third-order valence-corrected chi connectivity index (χ3v) is 4.88. The van der Waals surface area contributed by atoms with E-state index in [4.69, 9.17) is 11.0 Å². The first-order chi connectivity index (χ1) is 11.9. The maximum Gasteiger partial charge on any atom is 0.251 e. The van der Waals surface area contributed by atoms with Crippen molar-refractivity contribution >= 4 is 10.9 Å². The lowest BCUT2D eigenvalue weighted by Crippen LogP contribution is -2.34. The number of benzene rings is 1. The van der Waals surface area contributed by atoms with E-state index in [2.05, 4.69) is 17.1 Å². The third kappa shape index (κ3) is 3.57. The van der Waals surface area contributed by atoms with Crippen molar-refractivity contribution in [2.45, 2.75) is 38.6 Å². The molecular weight excluding hydrogens is 310 g/mol. The van der Waals surface area contributed by atoms with Gasteiger partial charge in [-0.2, -0.15) is 5.26 Å². The third-order valence-electron chi connectivity index (χ3n) is 4.88. The van der Waals surface area contributed by atoms with Gasteiger partial charge in [-0.05, 0) is 49.3 Å². The van der Waals surface area contributed by atoms with Crippen LogP contribution in [0.5, 0.6) is 0 Å². The lowest BCUT2D eigenvalue weighted by Gasteiger charge is -2.28. The van der Waals surface area contributed by atoms with Gasteiger partial charge in [0.2, 0.25) is 0 Å². The second-order valence-corrected chi connectivity index (χ2v) is 7.02. The number of nitrogens with one attached hydrogen (secondary N) is 1. The number of nitriles is 1. The summed E-state index contributed by atoms with van der Waals surface area (Å²) in [6, 6.07) is 10.2. The van der Waals surface area contributed by atoms with Crippen LogP contribution in [0.3, 0.4) is 0 Å². The fourth-order valence-corrected chi connectivity index (χ4v) is 3.40. The van der Waals surface area contributed by atoms with Crippen LogP contribution in [0.15, 0.2) is 52.9 Å². The van der Waals surface area contributed by atoms with E-state index in [9.17, 15) is 4.79 Å². The van der Waals surface area contributed by atoms with E-state index in [1.807, 2.05) is 50.3 Å². The van der Waals surface area contributed by atoms with Gasteiger partial charge in [-0.15, -0.1) is 0 Å².